The molecule has 3 aromatic carbocycles. The molecule has 1 aromatic heterocycles. The highest BCUT2D eigenvalue weighted by atomic mass is 16.5. The predicted molar refractivity (Wildman–Crippen MR) is 120 cm³/mol. The van der Waals surface area contributed by atoms with Crippen molar-refractivity contribution in [3.8, 4) is 5.75 Å². The van der Waals surface area contributed by atoms with Crippen LogP contribution in [0, 0.1) is 0 Å². The minimum absolute atomic E-state index is 0.172. The number of anilines is 1. The van der Waals surface area contributed by atoms with E-state index in [9.17, 15) is 9.59 Å². The average molecular weight is 414 g/mol. The van der Waals surface area contributed by atoms with Crippen LogP contribution in [0.4, 0.5) is 5.69 Å². The number of carbonyl (C=O) groups is 1. The van der Waals surface area contributed by atoms with Crippen LogP contribution in [0.5, 0.6) is 5.75 Å². The quantitative estimate of drug-likeness (QED) is 0.440. The number of carbonyl (C=O) groups excluding carboxylic acids is 1. The molecule has 6 heteroatoms. The Balaban J connectivity index is 1.53. The minimum Gasteiger partial charge on any atom is -0.497 e. The van der Waals surface area contributed by atoms with E-state index in [-0.39, 0.29) is 5.91 Å². The van der Waals surface area contributed by atoms with Gasteiger partial charge in [-0.1, -0.05) is 42.5 Å². The molecular weight excluding hydrogens is 392 g/mol. The third kappa shape index (κ3) is 4.75. The smallest absolute Gasteiger partial charge is 0.336 e. The molecular formula is C25H22N2O4. The number of para-hydroxylation sites is 1. The number of rotatable bonds is 7. The van der Waals surface area contributed by atoms with Gasteiger partial charge >= 0.3 is 5.63 Å². The van der Waals surface area contributed by atoms with E-state index in [2.05, 4.69) is 10.6 Å². The number of hydrogen-bond donors (Lipinski definition) is 2. The van der Waals surface area contributed by atoms with Crippen LogP contribution >= 0.6 is 0 Å². The second-order valence-corrected chi connectivity index (χ2v) is 7.02. The molecule has 0 bridgehead atoms. The Kier molecular flexibility index (Phi) is 5.98. The minimum atomic E-state index is -0.438. The fourth-order valence-electron chi connectivity index (χ4n) is 3.38. The molecule has 156 valence electrons. The fraction of sp³-hybridized carbons (Fsp3) is 0.120. The SMILES string of the molecule is COc1ccc2c(CNc3ccccc3C(=O)NCc3ccccc3)cc(=O)oc2c1. The highest BCUT2D eigenvalue weighted by Crippen LogP contribution is 2.24. The maximum Gasteiger partial charge on any atom is 0.336 e. The molecule has 1 heterocycles. The molecule has 0 atom stereocenters. The first-order valence-corrected chi connectivity index (χ1v) is 9.90. The van der Waals surface area contributed by atoms with Crippen molar-refractivity contribution in [2.24, 2.45) is 0 Å². The van der Waals surface area contributed by atoms with Gasteiger partial charge in [-0.05, 0) is 35.4 Å². The topological polar surface area (TPSA) is 80.6 Å². The number of methoxy groups -OCH3 is 1. The summed E-state index contributed by atoms with van der Waals surface area (Å²) in [6, 6.07) is 23.8. The molecule has 0 aliphatic carbocycles. The highest BCUT2D eigenvalue weighted by Gasteiger charge is 2.12. The van der Waals surface area contributed by atoms with Gasteiger partial charge in [0.05, 0.1) is 12.7 Å². The summed E-state index contributed by atoms with van der Waals surface area (Å²) < 4.78 is 10.5. The van der Waals surface area contributed by atoms with E-state index in [0.29, 0.717) is 35.7 Å². The normalized spacial score (nSPS) is 10.6. The summed E-state index contributed by atoms with van der Waals surface area (Å²) in [4.78, 5) is 24.8. The van der Waals surface area contributed by atoms with Gasteiger partial charge in [-0.2, -0.15) is 0 Å². The Morgan fingerprint density at radius 1 is 0.935 bits per heavy atom. The van der Waals surface area contributed by atoms with Crippen LogP contribution in [0.1, 0.15) is 21.5 Å². The molecule has 1 amide bonds. The monoisotopic (exact) mass is 414 g/mol. The van der Waals surface area contributed by atoms with Crippen LogP contribution in [-0.4, -0.2) is 13.0 Å². The summed E-state index contributed by atoms with van der Waals surface area (Å²) in [5.41, 5.74) is 3.03. The summed E-state index contributed by atoms with van der Waals surface area (Å²) >= 11 is 0. The molecule has 31 heavy (non-hydrogen) atoms. The molecule has 0 radical (unpaired) electrons. The van der Waals surface area contributed by atoms with Crippen molar-refractivity contribution >= 4 is 22.6 Å². The number of fused-ring (bicyclic) bond motifs is 1. The maximum atomic E-state index is 12.8. The van der Waals surface area contributed by atoms with E-state index >= 15 is 0 Å². The third-order valence-electron chi connectivity index (χ3n) is 4.97. The van der Waals surface area contributed by atoms with Gasteiger partial charge in [0.2, 0.25) is 0 Å². The number of benzene rings is 3. The van der Waals surface area contributed by atoms with Crippen LogP contribution < -0.4 is 21.0 Å². The Bertz CT molecular complexity index is 1270. The summed E-state index contributed by atoms with van der Waals surface area (Å²) in [6.45, 7) is 0.803. The lowest BCUT2D eigenvalue weighted by Gasteiger charge is -2.13. The highest BCUT2D eigenvalue weighted by molar-refractivity contribution is 5.99. The van der Waals surface area contributed by atoms with Gasteiger partial charge < -0.3 is 19.8 Å². The molecule has 4 rings (SSSR count). The number of hydrogen-bond acceptors (Lipinski definition) is 5. The molecule has 4 aromatic rings. The van der Waals surface area contributed by atoms with Crippen molar-refractivity contribution in [1.82, 2.24) is 5.32 Å². The molecule has 2 N–H and O–H groups in total. The number of nitrogens with one attached hydrogen (secondary N) is 2. The zero-order valence-electron chi connectivity index (χ0n) is 17.1. The Morgan fingerprint density at radius 3 is 2.52 bits per heavy atom. The van der Waals surface area contributed by atoms with E-state index in [1.54, 1.807) is 19.2 Å². The van der Waals surface area contributed by atoms with Crippen LogP contribution in [0.2, 0.25) is 0 Å². The predicted octanol–water partition coefficient (Wildman–Crippen LogP) is 4.34. The first-order valence-electron chi connectivity index (χ1n) is 9.90. The molecule has 0 spiro atoms. The molecule has 0 aliphatic heterocycles. The first kappa shape index (κ1) is 20.2. The zero-order valence-corrected chi connectivity index (χ0v) is 17.1. The van der Waals surface area contributed by atoms with Crippen LogP contribution in [-0.2, 0) is 13.1 Å². The summed E-state index contributed by atoms with van der Waals surface area (Å²) in [6.07, 6.45) is 0. The molecule has 6 nitrogen and oxygen atoms in total. The number of ether oxygens (including phenoxy) is 1. The van der Waals surface area contributed by atoms with Crippen LogP contribution in [0.15, 0.2) is 88.1 Å². The maximum absolute atomic E-state index is 12.8. The van der Waals surface area contributed by atoms with E-state index in [4.69, 9.17) is 9.15 Å². The molecule has 0 saturated carbocycles. The van der Waals surface area contributed by atoms with E-state index in [0.717, 1.165) is 16.5 Å². The number of amides is 1. The van der Waals surface area contributed by atoms with Gasteiger partial charge in [0.1, 0.15) is 11.3 Å². The van der Waals surface area contributed by atoms with E-state index in [1.165, 1.54) is 6.07 Å². The van der Waals surface area contributed by atoms with Crippen molar-refractivity contribution in [1.29, 1.82) is 0 Å². The van der Waals surface area contributed by atoms with E-state index < -0.39 is 5.63 Å². The molecule has 0 aliphatic rings. The largest absolute Gasteiger partial charge is 0.497 e. The average Bonchev–Trinajstić information content (AvgIpc) is 2.81. The molecule has 0 saturated heterocycles. The fourth-order valence-corrected chi connectivity index (χ4v) is 3.38. The van der Waals surface area contributed by atoms with E-state index in [1.807, 2.05) is 60.7 Å². The van der Waals surface area contributed by atoms with Gasteiger partial charge in [0, 0.05) is 36.3 Å². The first-order chi connectivity index (χ1) is 15.1. The molecule has 0 unspecified atom stereocenters. The summed E-state index contributed by atoms with van der Waals surface area (Å²) in [5.74, 6) is 0.440. The van der Waals surface area contributed by atoms with Crippen molar-refractivity contribution < 1.29 is 13.9 Å². The van der Waals surface area contributed by atoms with Crippen molar-refractivity contribution in [3.05, 3.63) is 106 Å². The Hall–Kier alpha value is -4.06. The lowest BCUT2D eigenvalue weighted by Crippen LogP contribution is -2.24. The molecule has 0 fully saturated rings. The van der Waals surface area contributed by atoms with Crippen LogP contribution in [0.3, 0.4) is 0 Å². The lowest BCUT2D eigenvalue weighted by molar-refractivity contribution is 0.0951. The Labute approximate surface area is 179 Å². The van der Waals surface area contributed by atoms with Gasteiger partial charge in [-0.25, -0.2) is 4.79 Å². The third-order valence-corrected chi connectivity index (χ3v) is 4.97. The Morgan fingerprint density at radius 2 is 1.71 bits per heavy atom. The van der Waals surface area contributed by atoms with Crippen molar-refractivity contribution in [2.75, 3.05) is 12.4 Å². The lowest BCUT2D eigenvalue weighted by atomic mass is 10.1. The van der Waals surface area contributed by atoms with Crippen molar-refractivity contribution in [2.45, 2.75) is 13.1 Å². The summed E-state index contributed by atoms with van der Waals surface area (Å²) in [7, 11) is 1.56. The van der Waals surface area contributed by atoms with Crippen LogP contribution in [0.25, 0.3) is 11.0 Å². The second kappa shape index (κ2) is 9.17. The standard InChI is InChI=1S/C25H22N2O4/c1-30-19-11-12-20-18(13-24(28)31-23(20)14-19)16-26-22-10-6-5-9-21(22)25(29)27-15-17-7-3-2-4-8-17/h2-14,26H,15-16H2,1H3,(H,27,29). The van der Waals surface area contributed by atoms with Gasteiger partial charge in [-0.15, -0.1) is 0 Å². The van der Waals surface area contributed by atoms with Gasteiger partial charge in [0.25, 0.3) is 5.91 Å². The van der Waals surface area contributed by atoms with Gasteiger partial charge in [-0.3, -0.25) is 4.79 Å². The van der Waals surface area contributed by atoms with Crippen molar-refractivity contribution in [3.63, 3.8) is 0 Å². The zero-order chi connectivity index (χ0) is 21.6. The second-order valence-electron chi connectivity index (χ2n) is 7.02. The summed E-state index contributed by atoms with van der Waals surface area (Å²) in [5, 5.41) is 7.04. The van der Waals surface area contributed by atoms with Gasteiger partial charge in [0.15, 0.2) is 0 Å².